The zero-order valence-electron chi connectivity index (χ0n) is 17.0. The van der Waals surface area contributed by atoms with Crippen molar-refractivity contribution >= 4 is 5.78 Å². The van der Waals surface area contributed by atoms with Crippen LogP contribution >= 0.6 is 0 Å². The fourth-order valence-electron chi connectivity index (χ4n) is 5.71. The van der Waals surface area contributed by atoms with Crippen molar-refractivity contribution in [1.82, 2.24) is 0 Å². The van der Waals surface area contributed by atoms with Crippen LogP contribution in [-0.4, -0.2) is 27.1 Å². The average molecular weight is 360 g/mol. The Morgan fingerprint density at radius 2 is 1.65 bits per heavy atom. The predicted octanol–water partition coefficient (Wildman–Crippen LogP) is 4.78. The van der Waals surface area contributed by atoms with E-state index in [0.717, 1.165) is 42.7 Å². The Morgan fingerprint density at radius 1 is 1.00 bits per heavy atom. The van der Waals surface area contributed by atoms with E-state index in [1.807, 2.05) is 12.1 Å². The first-order valence-corrected chi connectivity index (χ1v) is 9.67. The molecule has 2 aliphatic rings. The molecule has 4 atom stereocenters. The van der Waals surface area contributed by atoms with E-state index in [-0.39, 0.29) is 16.7 Å². The number of carbonyl (C=O) groups is 1. The van der Waals surface area contributed by atoms with Crippen LogP contribution in [-0.2, 0) is 10.2 Å². The summed E-state index contributed by atoms with van der Waals surface area (Å²) in [6.07, 6.45) is 4.74. The SMILES string of the molecule is COc1ccc(OC)c([C@]2(C)[C@@H](C)CC[C@@]3(C)C(=O)CCC[C@@H]23)c1OC. The quantitative estimate of drug-likeness (QED) is 0.775. The van der Waals surface area contributed by atoms with Crippen LogP contribution in [0.15, 0.2) is 12.1 Å². The monoisotopic (exact) mass is 360 g/mol. The minimum Gasteiger partial charge on any atom is -0.496 e. The average Bonchev–Trinajstić information content (AvgIpc) is 2.65. The van der Waals surface area contributed by atoms with Crippen molar-refractivity contribution in [1.29, 1.82) is 0 Å². The molecule has 0 radical (unpaired) electrons. The van der Waals surface area contributed by atoms with Crippen molar-refractivity contribution in [3.05, 3.63) is 17.7 Å². The zero-order chi connectivity index (χ0) is 19.1. The molecule has 0 spiro atoms. The van der Waals surface area contributed by atoms with Crippen LogP contribution in [0.4, 0.5) is 0 Å². The molecule has 0 bridgehead atoms. The second-order valence-electron chi connectivity index (χ2n) is 8.39. The second kappa shape index (κ2) is 6.79. The van der Waals surface area contributed by atoms with E-state index >= 15 is 0 Å². The standard InChI is InChI=1S/C22H32O4/c1-14-12-13-21(2)17(8-7-9-18(21)23)22(14,3)19-15(24-4)10-11-16(25-5)20(19)26-6/h10-11,14,17H,7-9,12-13H2,1-6H3/t14-,17+,21+,22+/m0/s1. The first-order chi connectivity index (χ1) is 12.3. The Hall–Kier alpha value is -1.71. The third-order valence-electron chi connectivity index (χ3n) is 7.41. The predicted molar refractivity (Wildman–Crippen MR) is 102 cm³/mol. The van der Waals surface area contributed by atoms with E-state index in [4.69, 9.17) is 14.2 Å². The molecule has 0 heterocycles. The number of rotatable bonds is 4. The van der Waals surface area contributed by atoms with Gasteiger partial charge in [0.15, 0.2) is 11.5 Å². The van der Waals surface area contributed by atoms with E-state index in [1.165, 1.54) is 0 Å². The van der Waals surface area contributed by atoms with Crippen molar-refractivity contribution in [3.63, 3.8) is 0 Å². The molecule has 2 aliphatic carbocycles. The third kappa shape index (κ3) is 2.52. The lowest BCUT2D eigenvalue weighted by atomic mass is 9.46. The number of methoxy groups -OCH3 is 3. The Morgan fingerprint density at radius 3 is 2.27 bits per heavy atom. The first-order valence-electron chi connectivity index (χ1n) is 9.67. The molecule has 0 unspecified atom stereocenters. The van der Waals surface area contributed by atoms with Gasteiger partial charge in [-0.25, -0.2) is 0 Å². The fraction of sp³-hybridized carbons (Fsp3) is 0.682. The van der Waals surface area contributed by atoms with Crippen LogP contribution in [0, 0.1) is 17.3 Å². The Balaban J connectivity index is 2.27. The van der Waals surface area contributed by atoms with Gasteiger partial charge in [-0.3, -0.25) is 4.79 Å². The molecule has 26 heavy (non-hydrogen) atoms. The summed E-state index contributed by atoms with van der Waals surface area (Å²) in [5.74, 6) is 3.39. The van der Waals surface area contributed by atoms with Crippen LogP contribution in [0.25, 0.3) is 0 Å². The smallest absolute Gasteiger partial charge is 0.168 e. The maximum absolute atomic E-state index is 12.9. The number of ether oxygens (including phenoxy) is 3. The molecule has 2 saturated carbocycles. The van der Waals surface area contributed by atoms with E-state index in [0.29, 0.717) is 23.9 Å². The largest absolute Gasteiger partial charge is 0.496 e. The second-order valence-corrected chi connectivity index (χ2v) is 8.39. The summed E-state index contributed by atoms with van der Waals surface area (Å²) in [6, 6.07) is 3.86. The van der Waals surface area contributed by atoms with E-state index in [9.17, 15) is 4.79 Å². The summed E-state index contributed by atoms with van der Waals surface area (Å²) >= 11 is 0. The zero-order valence-corrected chi connectivity index (χ0v) is 17.0. The highest BCUT2D eigenvalue weighted by atomic mass is 16.5. The van der Waals surface area contributed by atoms with Crippen LogP contribution in [0.2, 0.25) is 0 Å². The molecular formula is C22H32O4. The van der Waals surface area contributed by atoms with Gasteiger partial charge >= 0.3 is 0 Å². The highest BCUT2D eigenvalue weighted by Gasteiger charge is 2.58. The number of benzene rings is 1. The summed E-state index contributed by atoms with van der Waals surface area (Å²) < 4.78 is 17.2. The Labute approximate surface area is 157 Å². The number of carbonyl (C=O) groups excluding carboxylic acids is 1. The van der Waals surface area contributed by atoms with Crippen LogP contribution in [0.3, 0.4) is 0 Å². The van der Waals surface area contributed by atoms with E-state index < -0.39 is 0 Å². The maximum Gasteiger partial charge on any atom is 0.168 e. The highest BCUT2D eigenvalue weighted by Crippen LogP contribution is 2.62. The summed E-state index contributed by atoms with van der Waals surface area (Å²) in [7, 11) is 5.05. The number of Topliss-reactive ketones (excluding diaryl/α,β-unsaturated/α-hetero) is 1. The van der Waals surface area contributed by atoms with Crippen molar-refractivity contribution in [2.24, 2.45) is 17.3 Å². The molecule has 144 valence electrons. The lowest BCUT2D eigenvalue weighted by Gasteiger charge is -2.57. The van der Waals surface area contributed by atoms with Crippen molar-refractivity contribution < 1.29 is 19.0 Å². The summed E-state index contributed by atoms with van der Waals surface area (Å²) in [5, 5.41) is 0. The van der Waals surface area contributed by atoms with Gasteiger partial charge in [0.1, 0.15) is 11.5 Å². The number of hydrogen-bond donors (Lipinski definition) is 0. The molecule has 1 aromatic rings. The van der Waals surface area contributed by atoms with Gasteiger partial charge in [-0.1, -0.05) is 20.8 Å². The molecule has 1 aromatic carbocycles. The van der Waals surface area contributed by atoms with Gasteiger partial charge in [0, 0.05) is 22.8 Å². The Bertz CT molecular complexity index is 698. The molecular weight excluding hydrogens is 328 g/mol. The number of hydrogen-bond acceptors (Lipinski definition) is 4. The summed E-state index contributed by atoms with van der Waals surface area (Å²) in [5.41, 5.74) is 0.576. The van der Waals surface area contributed by atoms with Gasteiger partial charge in [0.25, 0.3) is 0 Å². The fourth-order valence-corrected chi connectivity index (χ4v) is 5.71. The molecule has 4 heteroatoms. The normalized spacial score (nSPS) is 34.2. The van der Waals surface area contributed by atoms with Gasteiger partial charge in [0.2, 0.25) is 0 Å². The van der Waals surface area contributed by atoms with Crippen LogP contribution in [0.5, 0.6) is 17.2 Å². The molecule has 2 fully saturated rings. The van der Waals surface area contributed by atoms with Crippen LogP contribution < -0.4 is 14.2 Å². The first kappa shape index (κ1) is 19.1. The molecule has 3 rings (SSSR count). The summed E-state index contributed by atoms with van der Waals surface area (Å²) in [4.78, 5) is 12.9. The Kier molecular flexibility index (Phi) is 4.98. The van der Waals surface area contributed by atoms with Crippen molar-refractivity contribution in [2.45, 2.75) is 58.3 Å². The van der Waals surface area contributed by atoms with E-state index in [1.54, 1.807) is 21.3 Å². The van der Waals surface area contributed by atoms with Gasteiger partial charge in [-0.05, 0) is 49.7 Å². The molecule has 4 nitrogen and oxygen atoms in total. The molecule has 0 aliphatic heterocycles. The minimum atomic E-state index is -0.265. The van der Waals surface area contributed by atoms with Crippen molar-refractivity contribution in [2.75, 3.05) is 21.3 Å². The molecule has 0 amide bonds. The molecule has 0 aromatic heterocycles. The highest BCUT2D eigenvalue weighted by molar-refractivity contribution is 5.86. The van der Waals surface area contributed by atoms with Gasteiger partial charge in [-0.15, -0.1) is 0 Å². The van der Waals surface area contributed by atoms with Gasteiger partial charge < -0.3 is 14.2 Å². The van der Waals surface area contributed by atoms with Gasteiger partial charge in [0.05, 0.1) is 21.3 Å². The van der Waals surface area contributed by atoms with Crippen molar-refractivity contribution in [3.8, 4) is 17.2 Å². The topological polar surface area (TPSA) is 44.8 Å². The lowest BCUT2D eigenvalue weighted by molar-refractivity contribution is -0.142. The minimum absolute atomic E-state index is 0.214. The third-order valence-corrected chi connectivity index (χ3v) is 7.41. The molecule has 0 N–H and O–H groups in total. The molecule has 0 saturated heterocycles. The van der Waals surface area contributed by atoms with E-state index in [2.05, 4.69) is 20.8 Å². The number of fused-ring (bicyclic) bond motifs is 1. The lowest BCUT2D eigenvalue weighted by Crippen LogP contribution is -2.55. The van der Waals surface area contributed by atoms with Crippen LogP contribution in [0.1, 0.15) is 58.4 Å². The number of ketones is 1. The summed E-state index contributed by atoms with van der Waals surface area (Å²) in [6.45, 7) is 6.79. The maximum atomic E-state index is 12.9. The van der Waals surface area contributed by atoms with Gasteiger partial charge in [-0.2, -0.15) is 0 Å².